The summed E-state index contributed by atoms with van der Waals surface area (Å²) in [6.07, 6.45) is 3.17. The van der Waals surface area contributed by atoms with Crippen LogP contribution in [0.25, 0.3) is 0 Å². The normalized spacial score (nSPS) is 9.88. The van der Waals surface area contributed by atoms with Crippen LogP contribution < -0.4 is 5.32 Å². The lowest BCUT2D eigenvalue weighted by Gasteiger charge is -2.05. The van der Waals surface area contributed by atoms with E-state index in [-0.39, 0.29) is 0 Å². The van der Waals surface area contributed by atoms with Crippen LogP contribution in [0.2, 0.25) is 0 Å². The second-order valence-electron chi connectivity index (χ2n) is 3.77. The molecule has 88 valence electrons. The van der Waals surface area contributed by atoms with E-state index < -0.39 is 6.09 Å². The molecule has 0 aromatic heterocycles. The van der Waals surface area contributed by atoms with Crippen LogP contribution in [0, 0.1) is 0 Å². The molecule has 0 spiro atoms. The number of alkyl carbamates (subject to hydrolysis) is 1. The molecule has 1 amide bonds. The summed E-state index contributed by atoms with van der Waals surface area (Å²) in [5, 5.41) is 2.65. The molecule has 0 aliphatic carbocycles. The van der Waals surface area contributed by atoms with E-state index in [0.717, 1.165) is 12.0 Å². The highest BCUT2D eigenvalue weighted by Crippen LogP contribution is 2.07. The highest BCUT2D eigenvalue weighted by Gasteiger charge is 1.99. The third-order valence-corrected chi connectivity index (χ3v) is 2.46. The van der Waals surface area contributed by atoms with Crippen LogP contribution in [0.5, 0.6) is 0 Å². The number of carbonyl (C=O) groups is 1. The minimum absolute atomic E-state index is 0.393. The molecule has 0 heterocycles. The number of aryl methyl sites for hydroxylation is 1. The molecule has 0 aliphatic rings. The van der Waals surface area contributed by atoms with Crippen LogP contribution in [0.3, 0.4) is 0 Å². The summed E-state index contributed by atoms with van der Waals surface area (Å²) >= 11 is 0. The summed E-state index contributed by atoms with van der Waals surface area (Å²) in [4.78, 5) is 10.9. The van der Waals surface area contributed by atoms with Gasteiger partial charge in [-0.1, -0.05) is 37.6 Å². The van der Waals surface area contributed by atoms with Crippen LogP contribution in [-0.2, 0) is 17.7 Å². The van der Waals surface area contributed by atoms with Crippen molar-refractivity contribution < 1.29 is 9.53 Å². The molecule has 0 saturated heterocycles. The summed E-state index contributed by atoms with van der Waals surface area (Å²) < 4.78 is 4.50. The number of nitrogens with one attached hydrogen (secondary N) is 1. The number of methoxy groups -OCH3 is 1. The van der Waals surface area contributed by atoms with Crippen LogP contribution in [-0.4, -0.2) is 13.2 Å². The van der Waals surface area contributed by atoms with Crippen molar-refractivity contribution >= 4 is 6.09 Å². The zero-order valence-electron chi connectivity index (χ0n) is 9.95. The second-order valence-corrected chi connectivity index (χ2v) is 3.77. The summed E-state index contributed by atoms with van der Waals surface area (Å²) in [5.41, 5.74) is 2.44. The van der Waals surface area contributed by atoms with Crippen LogP contribution in [0.1, 0.15) is 30.9 Å². The quantitative estimate of drug-likeness (QED) is 0.830. The second kappa shape index (κ2) is 6.88. The predicted octanol–water partition coefficient (Wildman–Crippen LogP) is 2.89. The Morgan fingerprint density at radius 3 is 2.44 bits per heavy atom. The Labute approximate surface area is 96.8 Å². The number of benzene rings is 1. The average molecular weight is 221 g/mol. The third-order valence-electron chi connectivity index (χ3n) is 2.46. The van der Waals surface area contributed by atoms with Crippen LogP contribution in [0.4, 0.5) is 4.79 Å². The fourth-order valence-corrected chi connectivity index (χ4v) is 1.45. The first-order valence-electron chi connectivity index (χ1n) is 5.66. The molecule has 0 saturated carbocycles. The number of unbranched alkanes of at least 4 members (excludes halogenated alkanes) is 1. The first-order valence-corrected chi connectivity index (χ1v) is 5.66. The van der Waals surface area contributed by atoms with Crippen molar-refractivity contribution in [1.82, 2.24) is 5.32 Å². The third kappa shape index (κ3) is 4.34. The van der Waals surface area contributed by atoms with Gasteiger partial charge in [0.15, 0.2) is 0 Å². The van der Waals surface area contributed by atoms with Gasteiger partial charge in [0.25, 0.3) is 0 Å². The van der Waals surface area contributed by atoms with E-state index in [1.807, 2.05) is 12.1 Å². The fraction of sp³-hybridized carbons (Fsp3) is 0.462. The molecular formula is C13H19NO2. The number of hydrogen-bond acceptors (Lipinski definition) is 2. The van der Waals surface area contributed by atoms with Gasteiger partial charge in [-0.05, 0) is 24.0 Å². The van der Waals surface area contributed by atoms with Gasteiger partial charge >= 0.3 is 6.09 Å². The Morgan fingerprint density at radius 1 is 1.25 bits per heavy atom. The Kier molecular flexibility index (Phi) is 5.40. The van der Waals surface area contributed by atoms with E-state index in [2.05, 4.69) is 29.1 Å². The van der Waals surface area contributed by atoms with Gasteiger partial charge in [0.2, 0.25) is 0 Å². The topological polar surface area (TPSA) is 38.3 Å². The molecule has 1 N–H and O–H groups in total. The van der Waals surface area contributed by atoms with E-state index in [1.165, 1.54) is 25.5 Å². The molecule has 0 radical (unpaired) electrons. The smallest absolute Gasteiger partial charge is 0.407 e. The average Bonchev–Trinajstić information content (AvgIpc) is 2.34. The molecule has 3 heteroatoms. The first-order chi connectivity index (χ1) is 7.76. The molecule has 0 unspecified atom stereocenters. The van der Waals surface area contributed by atoms with Crippen molar-refractivity contribution in [2.75, 3.05) is 7.11 Å². The highest BCUT2D eigenvalue weighted by molar-refractivity contribution is 5.66. The Morgan fingerprint density at radius 2 is 1.88 bits per heavy atom. The van der Waals surface area contributed by atoms with Crippen molar-refractivity contribution in [1.29, 1.82) is 0 Å². The molecular weight excluding hydrogens is 202 g/mol. The van der Waals surface area contributed by atoms with E-state index in [9.17, 15) is 4.79 Å². The first kappa shape index (κ1) is 12.6. The SMILES string of the molecule is CCCCc1ccc(CNC(=O)OC)cc1. The zero-order chi connectivity index (χ0) is 11.8. The lowest BCUT2D eigenvalue weighted by atomic mass is 10.1. The molecule has 16 heavy (non-hydrogen) atoms. The van der Waals surface area contributed by atoms with Gasteiger partial charge in [0, 0.05) is 6.54 Å². The van der Waals surface area contributed by atoms with E-state index in [1.54, 1.807) is 0 Å². The van der Waals surface area contributed by atoms with E-state index >= 15 is 0 Å². The Hall–Kier alpha value is -1.51. The minimum Gasteiger partial charge on any atom is -0.453 e. The molecule has 1 aromatic rings. The summed E-state index contributed by atoms with van der Waals surface area (Å²) in [7, 11) is 1.36. The molecule has 0 bridgehead atoms. The Balaban J connectivity index is 2.41. The van der Waals surface area contributed by atoms with E-state index in [0.29, 0.717) is 6.54 Å². The lowest BCUT2D eigenvalue weighted by Crippen LogP contribution is -2.22. The van der Waals surface area contributed by atoms with Crippen molar-refractivity contribution in [3.05, 3.63) is 35.4 Å². The molecule has 0 fully saturated rings. The van der Waals surface area contributed by atoms with Crippen molar-refractivity contribution in [2.45, 2.75) is 32.7 Å². The van der Waals surface area contributed by atoms with Gasteiger partial charge in [-0.2, -0.15) is 0 Å². The van der Waals surface area contributed by atoms with Gasteiger partial charge < -0.3 is 10.1 Å². The summed E-state index contributed by atoms with van der Waals surface area (Å²) in [5.74, 6) is 0. The van der Waals surface area contributed by atoms with Crippen LogP contribution in [0.15, 0.2) is 24.3 Å². The van der Waals surface area contributed by atoms with Crippen molar-refractivity contribution in [3.63, 3.8) is 0 Å². The van der Waals surface area contributed by atoms with E-state index in [4.69, 9.17) is 0 Å². The maximum absolute atomic E-state index is 10.9. The van der Waals surface area contributed by atoms with Gasteiger partial charge in [0.05, 0.1) is 7.11 Å². The number of carbonyl (C=O) groups excluding carboxylic acids is 1. The fourth-order valence-electron chi connectivity index (χ4n) is 1.45. The number of ether oxygens (including phenoxy) is 1. The standard InChI is InChI=1S/C13H19NO2/c1-3-4-5-11-6-8-12(9-7-11)10-14-13(15)16-2/h6-9H,3-5,10H2,1-2H3,(H,14,15). The highest BCUT2D eigenvalue weighted by atomic mass is 16.5. The van der Waals surface area contributed by atoms with Gasteiger partial charge in [-0.25, -0.2) is 4.79 Å². The van der Waals surface area contributed by atoms with Crippen LogP contribution >= 0.6 is 0 Å². The molecule has 1 rings (SSSR count). The van der Waals surface area contributed by atoms with Gasteiger partial charge in [-0.15, -0.1) is 0 Å². The van der Waals surface area contributed by atoms with Gasteiger partial charge in [0.1, 0.15) is 0 Å². The monoisotopic (exact) mass is 221 g/mol. The number of amides is 1. The zero-order valence-corrected chi connectivity index (χ0v) is 9.95. The molecule has 1 aromatic carbocycles. The van der Waals surface area contributed by atoms with Crippen molar-refractivity contribution in [3.8, 4) is 0 Å². The summed E-state index contributed by atoms with van der Waals surface area (Å²) in [6.45, 7) is 2.70. The number of rotatable bonds is 5. The minimum atomic E-state index is -0.393. The largest absolute Gasteiger partial charge is 0.453 e. The summed E-state index contributed by atoms with van der Waals surface area (Å²) in [6, 6.07) is 8.32. The molecule has 3 nitrogen and oxygen atoms in total. The Bertz CT molecular complexity index is 319. The molecule has 0 aliphatic heterocycles. The molecule has 0 atom stereocenters. The predicted molar refractivity (Wildman–Crippen MR) is 64.3 cm³/mol. The van der Waals surface area contributed by atoms with Gasteiger partial charge in [-0.3, -0.25) is 0 Å². The van der Waals surface area contributed by atoms with Crippen molar-refractivity contribution in [2.24, 2.45) is 0 Å². The maximum atomic E-state index is 10.9. The lowest BCUT2D eigenvalue weighted by molar-refractivity contribution is 0.170. The maximum Gasteiger partial charge on any atom is 0.407 e. The number of hydrogen-bond donors (Lipinski definition) is 1.